The van der Waals surface area contributed by atoms with Crippen LogP contribution in [0.2, 0.25) is 5.02 Å². The van der Waals surface area contributed by atoms with Gasteiger partial charge < -0.3 is 9.73 Å². The van der Waals surface area contributed by atoms with E-state index < -0.39 is 0 Å². The summed E-state index contributed by atoms with van der Waals surface area (Å²) in [4.78, 5) is 19.5. The van der Waals surface area contributed by atoms with Crippen LogP contribution in [-0.2, 0) is 12.8 Å². The third-order valence-corrected chi connectivity index (χ3v) is 8.46. The number of rotatable bonds is 5. The van der Waals surface area contributed by atoms with E-state index in [4.69, 9.17) is 21.0 Å². The van der Waals surface area contributed by atoms with E-state index >= 15 is 0 Å². The topological polar surface area (TPSA) is 78.4 Å². The molecule has 0 radical (unpaired) electrons. The maximum atomic E-state index is 13.5. The zero-order valence-electron chi connectivity index (χ0n) is 21.5. The molecule has 0 aliphatic heterocycles. The van der Waals surface area contributed by atoms with Crippen LogP contribution < -0.4 is 5.32 Å². The highest BCUT2D eigenvalue weighted by atomic mass is 35.5. The van der Waals surface area contributed by atoms with E-state index in [0.717, 1.165) is 30.4 Å². The first-order valence-corrected chi connectivity index (χ1v) is 13.8. The second-order valence-electron chi connectivity index (χ2n) is 10.6. The fourth-order valence-corrected chi connectivity index (χ4v) is 6.24. The molecule has 0 spiro atoms. The summed E-state index contributed by atoms with van der Waals surface area (Å²) in [6.07, 6.45) is 4.48. The van der Waals surface area contributed by atoms with Crippen LogP contribution in [-0.4, -0.2) is 12.1 Å². The van der Waals surface area contributed by atoms with Crippen molar-refractivity contribution in [3.8, 4) is 17.4 Å². The van der Waals surface area contributed by atoms with Gasteiger partial charge in [0.2, 0.25) is 0 Å². The molecule has 0 saturated heterocycles. The summed E-state index contributed by atoms with van der Waals surface area (Å²) in [5.41, 5.74) is 3.89. The monoisotopic (exact) mass is 541 g/mol. The number of furan rings is 1. The number of hydrogen-bond donors (Lipinski definition) is 1. The van der Waals surface area contributed by atoms with Crippen molar-refractivity contribution in [1.29, 1.82) is 5.26 Å². The SMILES string of the molecule is CC(C)(C)[C@@H]1CCc2c(sc(N=Cc3ccc(-c4ccccc4C#N)o3)c2C(=O)Nc2ccc(Cl)cc2)C1. The fraction of sp³-hybridized carbons (Fsp3) is 0.258. The molecule has 0 unspecified atom stereocenters. The van der Waals surface area contributed by atoms with Crippen LogP contribution in [0.4, 0.5) is 10.7 Å². The van der Waals surface area contributed by atoms with Gasteiger partial charge in [-0.05, 0) is 84.7 Å². The van der Waals surface area contributed by atoms with Crippen LogP contribution in [0, 0.1) is 22.7 Å². The Morgan fingerprint density at radius 2 is 1.92 bits per heavy atom. The van der Waals surface area contributed by atoms with Gasteiger partial charge in [-0.2, -0.15) is 5.26 Å². The molecule has 1 amide bonds. The molecule has 0 saturated carbocycles. The number of anilines is 1. The lowest BCUT2D eigenvalue weighted by atomic mass is 9.72. The fourth-order valence-electron chi connectivity index (χ4n) is 4.85. The van der Waals surface area contributed by atoms with Gasteiger partial charge in [0.05, 0.1) is 23.4 Å². The van der Waals surface area contributed by atoms with E-state index in [0.29, 0.717) is 44.3 Å². The normalized spacial score (nSPS) is 15.3. The second-order valence-corrected chi connectivity index (χ2v) is 12.1. The molecule has 0 bridgehead atoms. The Bertz CT molecular complexity index is 1550. The van der Waals surface area contributed by atoms with Gasteiger partial charge in [-0.3, -0.25) is 4.79 Å². The van der Waals surface area contributed by atoms with Crippen molar-refractivity contribution >= 4 is 45.7 Å². The van der Waals surface area contributed by atoms with Gasteiger partial charge in [0, 0.05) is 21.2 Å². The zero-order valence-corrected chi connectivity index (χ0v) is 23.1. The summed E-state index contributed by atoms with van der Waals surface area (Å²) in [6, 6.07) is 20.3. The smallest absolute Gasteiger partial charge is 0.259 e. The van der Waals surface area contributed by atoms with Crippen LogP contribution in [0.3, 0.4) is 0 Å². The number of carbonyl (C=O) groups is 1. The van der Waals surface area contributed by atoms with E-state index in [-0.39, 0.29) is 11.3 Å². The predicted octanol–water partition coefficient (Wildman–Crippen LogP) is 8.69. The number of halogens is 1. The van der Waals surface area contributed by atoms with Crippen LogP contribution in [0.5, 0.6) is 0 Å². The molecule has 7 heteroatoms. The van der Waals surface area contributed by atoms with E-state index in [1.807, 2.05) is 30.3 Å². The van der Waals surface area contributed by atoms with E-state index in [2.05, 4.69) is 32.2 Å². The lowest BCUT2D eigenvalue weighted by molar-refractivity contribution is 0.102. The number of benzene rings is 2. The summed E-state index contributed by atoms with van der Waals surface area (Å²) in [5, 5.41) is 13.7. The molecule has 0 fully saturated rings. The molecule has 1 N–H and O–H groups in total. The Kier molecular flexibility index (Phi) is 7.25. The molecule has 4 aromatic rings. The quantitative estimate of drug-likeness (QED) is 0.257. The number of fused-ring (bicyclic) bond motifs is 1. The summed E-state index contributed by atoms with van der Waals surface area (Å²) >= 11 is 7.61. The highest BCUT2D eigenvalue weighted by molar-refractivity contribution is 7.16. The summed E-state index contributed by atoms with van der Waals surface area (Å²) in [5.74, 6) is 1.53. The van der Waals surface area contributed by atoms with Gasteiger partial charge in [0.1, 0.15) is 16.5 Å². The first kappa shape index (κ1) is 26.0. The van der Waals surface area contributed by atoms with Crippen LogP contribution in [0.15, 0.2) is 70.1 Å². The lowest BCUT2D eigenvalue weighted by Crippen LogP contribution is -2.27. The lowest BCUT2D eigenvalue weighted by Gasteiger charge is -2.33. The molecule has 1 aliphatic rings. The molecule has 1 atom stereocenters. The van der Waals surface area contributed by atoms with Crippen molar-refractivity contribution < 1.29 is 9.21 Å². The standard InChI is InChI=1S/C31H28ClN3O2S/c1-31(2,3)20-8-14-25-27(16-20)38-30(28(25)29(36)35-22-11-9-21(32)10-12-22)34-18-23-13-15-26(37-23)24-7-5-4-6-19(24)17-33/h4-7,9-13,15,18,20H,8,14,16H2,1-3H3,(H,35,36)/t20-/m1/s1. The molecule has 38 heavy (non-hydrogen) atoms. The minimum Gasteiger partial charge on any atom is -0.455 e. The summed E-state index contributed by atoms with van der Waals surface area (Å²) < 4.78 is 6.00. The third-order valence-electron chi connectivity index (χ3n) is 7.05. The number of thiophene rings is 1. The molecule has 192 valence electrons. The Hall–Kier alpha value is -3.66. The van der Waals surface area contributed by atoms with Crippen molar-refractivity contribution in [2.75, 3.05) is 5.32 Å². The van der Waals surface area contributed by atoms with Crippen molar-refractivity contribution in [3.05, 3.63) is 93.0 Å². The van der Waals surface area contributed by atoms with Crippen molar-refractivity contribution in [1.82, 2.24) is 0 Å². The Balaban J connectivity index is 1.48. The van der Waals surface area contributed by atoms with Crippen molar-refractivity contribution in [2.45, 2.75) is 40.0 Å². The maximum absolute atomic E-state index is 13.5. The first-order chi connectivity index (χ1) is 18.2. The first-order valence-electron chi connectivity index (χ1n) is 12.6. The van der Waals surface area contributed by atoms with Gasteiger partial charge in [-0.25, -0.2) is 4.99 Å². The molecule has 2 heterocycles. The maximum Gasteiger partial charge on any atom is 0.259 e. The Morgan fingerprint density at radius 3 is 2.66 bits per heavy atom. The van der Waals surface area contributed by atoms with E-state index in [9.17, 15) is 10.1 Å². The molecule has 5 nitrogen and oxygen atoms in total. The van der Waals surface area contributed by atoms with Gasteiger partial charge in [0.25, 0.3) is 5.91 Å². The second kappa shape index (κ2) is 10.6. The van der Waals surface area contributed by atoms with Crippen molar-refractivity contribution in [3.63, 3.8) is 0 Å². The number of hydrogen-bond acceptors (Lipinski definition) is 5. The zero-order chi connectivity index (χ0) is 26.9. The molecule has 2 aromatic carbocycles. The number of carbonyl (C=O) groups excluding carboxylic acids is 1. The highest BCUT2D eigenvalue weighted by Crippen LogP contribution is 2.45. The van der Waals surface area contributed by atoms with Gasteiger partial charge >= 0.3 is 0 Å². The minimum atomic E-state index is -0.172. The Morgan fingerprint density at radius 1 is 1.16 bits per heavy atom. The minimum absolute atomic E-state index is 0.172. The van der Waals surface area contributed by atoms with Gasteiger partial charge in [-0.1, -0.05) is 44.5 Å². The Labute approximate surface area is 231 Å². The number of nitrogens with one attached hydrogen (secondary N) is 1. The molecule has 1 aliphatic carbocycles. The van der Waals surface area contributed by atoms with Crippen molar-refractivity contribution in [2.24, 2.45) is 16.3 Å². The molecule has 5 rings (SSSR count). The average Bonchev–Trinajstić information content (AvgIpc) is 3.52. The highest BCUT2D eigenvalue weighted by Gasteiger charge is 2.33. The number of amides is 1. The van der Waals surface area contributed by atoms with Crippen LogP contribution in [0.25, 0.3) is 11.3 Å². The molecular weight excluding hydrogens is 514 g/mol. The summed E-state index contributed by atoms with van der Waals surface area (Å²) in [7, 11) is 0. The average molecular weight is 542 g/mol. The number of nitriles is 1. The molecular formula is C31H28ClN3O2S. The van der Waals surface area contributed by atoms with Crippen LogP contribution >= 0.6 is 22.9 Å². The van der Waals surface area contributed by atoms with Gasteiger partial charge in [-0.15, -0.1) is 11.3 Å². The largest absolute Gasteiger partial charge is 0.455 e. The van der Waals surface area contributed by atoms with Gasteiger partial charge in [0.15, 0.2) is 0 Å². The predicted molar refractivity (Wildman–Crippen MR) is 155 cm³/mol. The summed E-state index contributed by atoms with van der Waals surface area (Å²) in [6.45, 7) is 6.84. The van der Waals surface area contributed by atoms with E-state index in [1.54, 1.807) is 47.9 Å². The van der Waals surface area contributed by atoms with Crippen LogP contribution in [0.1, 0.15) is 59.3 Å². The van der Waals surface area contributed by atoms with E-state index in [1.165, 1.54) is 4.88 Å². The third kappa shape index (κ3) is 5.45. The molecule has 2 aromatic heterocycles. The number of aliphatic imine (C=N–C) groups is 1. The number of nitrogens with zero attached hydrogens (tertiary/aromatic N) is 2.